The molecule has 1 fully saturated rings. The van der Waals surface area contributed by atoms with Crippen molar-refractivity contribution in [2.24, 2.45) is 0 Å². The Morgan fingerprint density at radius 2 is 2.22 bits per heavy atom. The number of aryl methyl sites for hydroxylation is 1. The molecule has 0 radical (unpaired) electrons. The molecule has 18 heavy (non-hydrogen) atoms. The second-order valence-electron chi connectivity index (χ2n) is 5.34. The Morgan fingerprint density at radius 3 is 2.89 bits per heavy atom. The minimum absolute atomic E-state index is 0.330. The van der Waals surface area contributed by atoms with E-state index < -0.39 is 12.0 Å². The molecule has 0 saturated carbocycles. The van der Waals surface area contributed by atoms with Crippen LogP contribution in [0.25, 0.3) is 0 Å². The molecule has 0 aromatic carbocycles. The van der Waals surface area contributed by atoms with Gasteiger partial charge >= 0.3 is 5.97 Å². The van der Waals surface area contributed by atoms with E-state index in [-0.39, 0.29) is 0 Å². The van der Waals surface area contributed by atoms with Crippen LogP contribution in [0, 0.1) is 0 Å². The van der Waals surface area contributed by atoms with Crippen LogP contribution in [0.3, 0.4) is 0 Å². The van der Waals surface area contributed by atoms with Crippen LogP contribution in [0.4, 0.5) is 0 Å². The molecule has 0 bridgehead atoms. The zero-order valence-electron chi connectivity index (χ0n) is 10.5. The van der Waals surface area contributed by atoms with Gasteiger partial charge in [0, 0.05) is 18.9 Å². The highest BCUT2D eigenvalue weighted by atomic mass is 16.4. The van der Waals surface area contributed by atoms with Crippen LogP contribution in [0.5, 0.6) is 0 Å². The number of likely N-dealkylation sites (tertiary alicyclic amines) is 1. The molecule has 98 valence electrons. The number of rotatable bonds is 2. The Kier molecular flexibility index (Phi) is 2.81. The molecule has 1 saturated heterocycles. The Labute approximate surface area is 106 Å². The van der Waals surface area contributed by atoms with E-state index in [2.05, 4.69) is 22.1 Å². The van der Waals surface area contributed by atoms with Crippen molar-refractivity contribution in [3.05, 3.63) is 11.6 Å². The number of aromatic nitrogens is 3. The van der Waals surface area contributed by atoms with Crippen LogP contribution in [0.1, 0.15) is 42.9 Å². The van der Waals surface area contributed by atoms with Gasteiger partial charge in [-0.2, -0.15) is 0 Å². The minimum atomic E-state index is -0.761. The van der Waals surface area contributed by atoms with Crippen LogP contribution in [0.2, 0.25) is 0 Å². The van der Waals surface area contributed by atoms with Crippen molar-refractivity contribution in [2.75, 3.05) is 20.1 Å². The lowest BCUT2D eigenvalue weighted by molar-refractivity contribution is -0.141. The van der Waals surface area contributed by atoms with Gasteiger partial charge in [-0.05, 0) is 32.9 Å². The second-order valence-corrected chi connectivity index (χ2v) is 5.34. The standard InChI is InChI=1S/C12H18N4O2/c1-15-6-5-8(7-15)11-14-13-10-4-2-3-9(12(17)18)16(10)11/h8-9H,2-7H2,1H3,(H,17,18). The highest BCUT2D eigenvalue weighted by molar-refractivity contribution is 5.72. The van der Waals surface area contributed by atoms with Crippen LogP contribution < -0.4 is 0 Å². The third kappa shape index (κ3) is 1.80. The van der Waals surface area contributed by atoms with E-state index in [0.717, 1.165) is 44.0 Å². The first-order valence-corrected chi connectivity index (χ1v) is 6.52. The topological polar surface area (TPSA) is 71.2 Å². The van der Waals surface area contributed by atoms with Gasteiger partial charge in [-0.1, -0.05) is 0 Å². The Bertz CT molecular complexity index is 471. The molecule has 2 aliphatic heterocycles. The third-order valence-corrected chi connectivity index (χ3v) is 4.02. The molecule has 1 N–H and O–H groups in total. The molecule has 2 unspecified atom stereocenters. The summed E-state index contributed by atoms with van der Waals surface area (Å²) in [4.78, 5) is 13.6. The van der Waals surface area contributed by atoms with Crippen LogP contribution >= 0.6 is 0 Å². The molecule has 2 atom stereocenters. The molecule has 6 nitrogen and oxygen atoms in total. The number of fused-ring (bicyclic) bond motifs is 1. The van der Waals surface area contributed by atoms with Crippen molar-refractivity contribution in [2.45, 2.75) is 37.6 Å². The second kappa shape index (κ2) is 4.35. The largest absolute Gasteiger partial charge is 0.480 e. The average molecular weight is 250 g/mol. The first kappa shape index (κ1) is 11.6. The Morgan fingerprint density at radius 1 is 1.39 bits per heavy atom. The summed E-state index contributed by atoms with van der Waals surface area (Å²) < 4.78 is 1.88. The molecule has 1 aromatic heterocycles. The summed E-state index contributed by atoms with van der Waals surface area (Å²) in [6, 6.07) is -0.468. The van der Waals surface area contributed by atoms with Crippen molar-refractivity contribution in [1.29, 1.82) is 0 Å². The maximum atomic E-state index is 11.4. The van der Waals surface area contributed by atoms with E-state index in [4.69, 9.17) is 0 Å². The summed E-state index contributed by atoms with van der Waals surface area (Å²) in [7, 11) is 2.09. The molecule has 0 aliphatic carbocycles. The molecule has 3 rings (SSSR count). The van der Waals surface area contributed by atoms with Gasteiger partial charge in [0.25, 0.3) is 0 Å². The molecule has 3 heterocycles. The smallest absolute Gasteiger partial charge is 0.326 e. The number of carboxylic acid groups (broad SMARTS) is 1. The number of likely N-dealkylation sites (N-methyl/N-ethyl adjacent to an activating group) is 1. The number of aliphatic carboxylic acids is 1. The summed E-state index contributed by atoms with van der Waals surface area (Å²) >= 11 is 0. The number of carboxylic acids is 1. The van der Waals surface area contributed by atoms with Crippen molar-refractivity contribution in [1.82, 2.24) is 19.7 Å². The van der Waals surface area contributed by atoms with E-state index in [9.17, 15) is 9.90 Å². The van der Waals surface area contributed by atoms with Crippen LogP contribution in [0.15, 0.2) is 0 Å². The van der Waals surface area contributed by atoms with Gasteiger partial charge in [0.2, 0.25) is 0 Å². The van der Waals surface area contributed by atoms with Crippen molar-refractivity contribution in [3.63, 3.8) is 0 Å². The summed E-state index contributed by atoms with van der Waals surface area (Å²) in [6.45, 7) is 2.00. The normalized spacial score (nSPS) is 28.3. The lowest BCUT2D eigenvalue weighted by atomic mass is 10.0. The van der Waals surface area contributed by atoms with Gasteiger partial charge in [-0.3, -0.25) is 0 Å². The first-order valence-electron chi connectivity index (χ1n) is 6.52. The highest BCUT2D eigenvalue weighted by Gasteiger charge is 2.34. The molecular weight excluding hydrogens is 232 g/mol. The summed E-state index contributed by atoms with van der Waals surface area (Å²) in [6.07, 6.45) is 3.47. The first-order chi connectivity index (χ1) is 8.66. The Balaban J connectivity index is 1.97. The van der Waals surface area contributed by atoms with Gasteiger partial charge < -0.3 is 14.6 Å². The maximum Gasteiger partial charge on any atom is 0.326 e. The zero-order chi connectivity index (χ0) is 12.7. The maximum absolute atomic E-state index is 11.4. The SMILES string of the molecule is CN1CCC(c2nnc3n2C(C(=O)O)CCC3)C1. The number of hydrogen-bond donors (Lipinski definition) is 1. The molecule has 1 aromatic rings. The molecular formula is C12H18N4O2. The lowest BCUT2D eigenvalue weighted by Crippen LogP contribution is -2.28. The molecule has 0 amide bonds. The fourth-order valence-corrected chi connectivity index (χ4v) is 3.09. The fraction of sp³-hybridized carbons (Fsp3) is 0.750. The quantitative estimate of drug-likeness (QED) is 0.835. The predicted octanol–water partition coefficient (Wildman–Crippen LogP) is 0.659. The summed E-state index contributed by atoms with van der Waals surface area (Å²) in [5.41, 5.74) is 0. The van der Waals surface area contributed by atoms with Gasteiger partial charge in [-0.25, -0.2) is 4.79 Å². The fourth-order valence-electron chi connectivity index (χ4n) is 3.09. The van der Waals surface area contributed by atoms with E-state index in [1.54, 1.807) is 0 Å². The van der Waals surface area contributed by atoms with Gasteiger partial charge in [0.15, 0.2) is 0 Å². The highest BCUT2D eigenvalue weighted by Crippen LogP contribution is 2.32. The monoisotopic (exact) mass is 250 g/mol. The van der Waals surface area contributed by atoms with E-state index >= 15 is 0 Å². The number of hydrogen-bond acceptors (Lipinski definition) is 4. The van der Waals surface area contributed by atoms with E-state index in [1.165, 1.54) is 0 Å². The molecule has 2 aliphatic rings. The number of carbonyl (C=O) groups is 1. The predicted molar refractivity (Wildman–Crippen MR) is 64.5 cm³/mol. The van der Waals surface area contributed by atoms with Crippen LogP contribution in [-0.4, -0.2) is 50.9 Å². The van der Waals surface area contributed by atoms with Crippen LogP contribution in [-0.2, 0) is 11.2 Å². The van der Waals surface area contributed by atoms with Crippen molar-refractivity contribution >= 4 is 5.97 Å². The van der Waals surface area contributed by atoms with Gasteiger partial charge in [0.1, 0.15) is 17.7 Å². The van der Waals surface area contributed by atoms with E-state index in [1.807, 2.05) is 4.57 Å². The average Bonchev–Trinajstić information content (AvgIpc) is 2.94. The van der Waals surface area contributed by atoms with Crippen molar-refractivity contribution < 1.29 is 9.90 Å². The Hall–Kier alpha value is -1.43. The number of nitrogens with zero attached hydrogens (tertiary/aromatic N) is 4. The third-order valence-electron chi connectivity index (χ3n) is 4.02. The molecule has 0 spiro atoms. The van der Waals surface area contributed by atoms with Gasteiger partial charge in [0.05, 0.1) is 0 Å². The van der Waals surface area contributed by atoms with E-state index in [0.29, 0.717) is 12.3 Å². The molecule has 6 heteroatoms. The van der Waals surface area contributed by atoms with Gasteiger partial charge in [-0.15, -0.1) is 10.2 Å². The lowest BCUT2D eigenvalue weighted by Gasteiger charge is -2.24. The summed E-state index contributed by atoms with van der Waals surface area (Å²) in [5.74, 6) is 1.29. The van der Waals surface area contributed by atoms with Crippen molar-refractivity contribution in [3.8, 4) is 0 Å². The summed E-state index contributed by atoms with van der Waals surface area (Å²) in [5, 5.41) is 17.8. The minimum Gasteiger partial charge on any atom is -0.480 e. The zero-order valence-corrected chi connectivity index (χ0v) is 10.5.